The fourth-order valence-electron chi connectivity index (χ4n) is 1.38. The van der Waals surface area contributed by atoms with Gasteiger partial charge in [-0.3, -0.25) is 0 Å². The summed E-state index contributed by atoms with van der Waals surface area (Å²) in [5, 5.41) is 1.89. The van der Waals surface area contributed by atoms with Crippen LogP contribution in [0.5, 0.6) is 0 Å². The molecule has 0 saturated heterocycles. The molecule has 0 saturated carbocycles. The van der Waals surface area contributed by atoms with Crippen LogP contribution in [0.15, 0.2) is 6.20 Å². The van der Waals surface area contributed by atoms with Crippen molar-refractivity contribution in [3.63, 3.8) is 0 Å². The zero-order valence-electron chi connectivity index (χ0n) is 10.0. The average Bonchev–Trinajstić information content (AvgIpc) is 2.77. The van der Waals surface area contributed by atoms with Crippen LogP contribution in [0, 0.1) is 0 Å². The first-order chi connectivity index (χ1) is 8.84. The van der Waals surface area contributed by atoms with Crippen LogP contribution < -0.4 is 5.32 Å². The summed E-state index contributed by atoms with van der Waals surface area (Å²) in [5.74, 6) is 0. The number of aromatic nitrogens is 1. The molecule has 0 amide bonds. The van der Waals surface area contributed by atoms with E-state index in [1.165, 1.54) is 0 Å². The van der Waals surface area contributed by atoms with Crippen LogP contribution in [0.4, 0.5) is 22.0 Å². The maximum Gasteiger partial charge on any atom is 0.443 e. The average molecular weight is 304 g/mol. The van der Waals surface area contributed by atoms with Crippen molar-refractivity contribution >= 4 is 11.3 Å². The van der Waals surface area contributed by atoms with E-state index in [1.54, 1.807) is 7.05 Å². The number of nitrogens with zero attached hydrogens (tertiary/aromatic N) is 1. The molecule has 1 aromatic rings. The van der Waals surface area contributed by atoms with Gasteiger partial charge in [0.15, 0.2) is 5.01 Å². The molecule has 0 aromatic carbocycles. The highest BCUT2D eigenvalue weighted by molar-refractivity contribution is 7.11. The molecule has 0 fully saturated rings. The van der Waals surface area contributed by atoms with Gasteiger partial charge in [-0.15, -0.1) is 11.3 Å². The molecule has 0 aliphatic rings. The van der Waals surface area contributed by atoms with Crippen molar-refractivity contribution in [1.82, 2.24) is 10.3 Å². The molecule has 110 valence electrons. The molecule has 19 heavy (non-hydrogen) atoms. The quantitative estimate of drug-likeness (QED) is 0.621. The normalized spacial score (nSPS) is 14.1. The van der Waals surface area contributed by atoms with E-state index in [0.717, 1.165) is 6.20 Å². The topological polar surface area (TPSA) is 34.1 Å². The third-order valence-corrected chi connectivity index (χ3v) is 3.41. The smallest absolute Gasteiger partial charge is 0.375 e. The van der Waals surface area contributed by atoms with Gasteiger partial charge in [-0.25, -0.2) is 13.8 Å². The van der Waals surface area contributed by atoms with Gasteiger partial charge in [0.25, 0.3) is 6.43 Å². The molecule has 1 unspecified atom stereocenters. The molecule has 1 aromatic heterocycles. The van der Waals surface area contributed by atoms with Crippen LogP contribution in [0.1, 0.15) is 22.3 Å². The van der Waals surface area contributed by atoms with Crippen molar-refractivity contribution in [2.45, 2.75) is 25.1 Å². The van der Waals surface area contributed by atoms with Gasteiger partial charge < -0.3 is 10.1 Å². The minimum atomic E-state index is -4.46. The fourth-order valence-corrected chi connectivity index (χ4v) is 2.31. The van der Waals surface area contributed by atoms with Crippen molar-refractivity contribution in [3.05, 3.63) is 16.1 Å². The number of nitrogens with one attached hydrogen (secondary N) is 1. The molecule has 0 radical (unpaired) electrons. The molecule has 3 nitrogen and oxygen atoms in total. The van der Waals surface area contributed by atoms with E-state index in [2.05, 4.69) is 10.3 Å². The molecule has 1 heterocycles. The van der Waals surface area contributed by atoms with Gasteiger partial charge in [0.2, 0.25) is 0 Å². The van der Waals surface area contributed by atoms with Crippen molar-refractivity contribution < 1.29 is 26.7 Å². The number of alkyl halides is 5. The van der Waals surface area contributed by atoms with Crippen molar-refractivity contribution in [3.8, 4) is 0 Å². The first-order valence-corrected chi connectivity index (χ1v) is 6.22. The molecule has 0 aliphatic heterocycles. The third-order valence-electron chi connectivity index (χ3n) is 2.25. The van der Waals surface area contributed by atoms with Crippen LogP contribution in [0.2, 0.25) is 0 Å². The Morgan fingerprint density at radius 1 is 1.42 bits per heavy atom. The van der Waals surface area contributed by atoms with Crippen molar-refractivity contribution in [2.24, 2.45) is 0 Å². The summed E-state index contributed by atoms with van der Waals surface area (Å²) in [6.07, 6.45) is -5.58. The first kappa shape index (κ1) is 16.3. The molecule has 1 N–H and O–H groups in total. The van der Waals surface area contributed by atoms with Gasteiger partial charge >= 0.3 is 6.18 Å². The molecule has 0 spiro atoms. The van der Waals surface area contributed by atoms with Crippen LogP contribution in [0.25, 0.3) is 0 Å². The van der Waals surface area contributed by atoms with Crippen LogP contribution in [-0.4, -0.2) is 31.7 Å². The number of rotatable bonds is 7. The van der Waals surface area contributed by atoms with Crippen LogP contribution in [0.3, 0.4) is 0 Å². The highest BCUT2D eigenvalue weighted by atomic mass is 32.1. The van der Waals surface area contributed by atoms with E-state index in [4.69, 9.17) is 4.74 Å². The minimum Gasteiger partial charge on any atom is -0.375 e. The summed E-state index contributed by atoms with van der Waals surface area (Å²) in [5.41, 5.74) is 0. The predicted molar refractivity (Wildman–Crippen MR) is 60.4 cm³/mol. The number of hydrogen-bond donors (Lipinski definition) is 1. The maximum atomic E-state index is 12.4. The Hall–Kier alpha value is -0.800. The molecule has 9 heteroatoms. The second kappa shape index (κ2) is 7.11. The van der Waals surface area contributed by atoms with Crippen molar-refractivity contribution in [1.29, 1.82) is 0 Å². The Labute approximate surface area is 110 Å². The lowest BCUT2D eigenvalue weighted by atomic mass is 10.2. The fraction of sp³-hybridized carbons (Fsp3) is 0.700. The first-order valence-electron chi connectivity index (χ1n) is 5.40. The van der Waals surface area contributed by atoms with E-state index >= 15 is 0 Å². The van der Waals surface area contributed by atoms with Crippen LogP contribution in [-0.2, 0) is 10.9 Å². The Bertz CT molecular complexity index is 382. The minimum absolute atomic E-state index is 0.0368. The molecule has 1 atom stereocenters. The van der Waals surface area contributed by atoms with Gasteiger partial charge in [-0.1, -0.05) is 0 Å². The monoisotopic (exact) mass is 304 g/mol. The summed E-state index contributed by atoms with van der Waals surface area (Å²) < 4.78 is 65.5. The summed E-state index contributed by atoms with van der Waals surface area (Å²) in [6.45, 7) is -0.637. The van der Waals surface area contributed by atoms with Gasteiger partial charge in [0.1, 0.15) is 6.61 Å². The predicted octanol–water partition coefficient (Wildman–Crippen LogP) is 3.09. The molecular formula is C10H13F5N2OS. The number of halogens is 5. The summed E-state index contributed by atoms with van der Waals surface area (Å²) >= 11 is 0.535. The zero-order chi connectivity index (χ0) is 14.5. The van der Waals surface area contributed by atoms with Crippen molar-refractivity contribution in [2.75, 3.05) is 20.3 Å². The lowest BCUT2D eigenvalue weighted by Gasteiger charge is -2.13. The number of hydrogen-bond acceptors (Lipinski definition) is 4. The van der Waals surface area contributed by atoms with E-state index in [-0.39, 0.29) is 6.61 Å². The summed E-state index contributed by atoms with van der Waals surface area (Å²) in [4.78, 5) is 3.70. The second-order valence-electron chi connectivity index (χ2n) is 3.66. The third kappa shape index (κ3) is 5.37. The SMILES string of the molecule is CNC(CCOCC(F)F)c1cnc(C(F)(F)F)s1. The molecular weight excluding hydrogens is 291 g/mol. The number of ether oxygens (including phenoxy) is 1. The highest BCUT2D eigenvalue weighted by Gasteiger charge is 2.35. The highest BCUT2D eigenvalue weighted by Crippen LogP contribution is 2.34. The second-order valence-corrected chi connectivity index (χ2v) is 4.72. The van der Waals surface area contributed by atoms with Crippen LogP contribution >= 0.6 is 11.3 Å². The molecule has 0 bridgehead atoms. The van der Waals surface area contributed by atoms with Gasteiger partial charge in [-0.2, -0.15) is 13.2 Å². The van der Waals surface area contributed by atoms with E-state index < -0.39 is 30.3 Å². The lowest BCUT2D eigenvalue weighted by Crippen LogP contribution is -2.18. The molecule has 0 aliphatic carbocycles. The van der Waals surface area contributed by atoms with E-state index in [1.807, 2.05) is 0 Å². The standard InChI is InChI=1S/C10H13F5N2OS/c1-16-6(2-3-18-5-8(11)12)7-4-17-9(19-7)10(13,14)15/h4,6,8,16H,2-3,5H2,1H3. The maximum absolute atomic E-state index is 12.4. The Morgan fingerprint density at radius 2 is 2.11 bits per heavy atom. The summed E-state index contributed by atoms with van der Waals surface area (Å²) in [6, 6.07) is -0.397. The van der Waals surface area contributed by atoms with E-state index in [9.17, 15) is 22.0 Å². The van der Waals surface area contributed by atoms with E-state index in [0.29, 0.717) is 22.6 Å². The zero-order valence-corrected chi connectivity index (χ0v) is 10.8. The van der Waals surface area contributed by atoms with Gasteiger partial charge in [0.05, 0.1) is 0 Å². The van der Waals surface area contributed by atoms with Gasteiger partial charge in [-0.05, 0) is 13.5 Å². The largest absolute Gasteiger partial charge is 0.443 e. The number of thiazole rings is 1. The lowest BCUT2D eigenvalue weighted by molar-refractivity contribution is -0.137. The van der Waals surface area contributed by atoms with Gasteiger partial charge in [0, 0.05) is 23.7 Å². The Balaban J connectivity index is 2.53. The Morgan fingerprint density at radius 3 is 2.58 bits per heavy atom. The molecule has 1 rings (SSSR count). The summed E-state index contributed by atoms with van der Waals surface area (Å²) in [7, 11) is 1.57. The Kier molecular flexibility index (Phi) is 6.08.